The summed E-state index contributed by atoms with van der Waals surface area (Å²) < 4.78 is 0. The Labute approximate surface area is 150 Å². The third kappa shape index (κ3) is 4.17. The zero-order valence-electron chi connectivity index (χ0n) is 13.6. The molecule has 3 rings (SSSR count). The van der Waals surface area contributed by atoms with Gasteiger partial charge in [-0.15, -0.1) is 0 Å². The molecule has 0 aliphatic heterocycles. The van der Waals surface area contributed by atoms with Crippen LogP contribution in [0.2, 0.25) is 0 Å². The van der Waals surface area contributed by atoms with Crippen LogP contribution in [0.3, 0.4) is 0 Å². The van der Waals surface area contributed by atoms with E-state index in [0.717, 1.165) is 36.9 Å². The number of thioether (sulfide) groups is 1. The standard InChI is InChI=1S/C19H16N4OS/c20-10-13-5-7-16(8-6-13)22-18(24)12-25-19-15(11-21)9-14-3-1-2-4-17(14)23-19/h5-9H,1-4,12H2,(H,22,24). The highest BCUT2D eigenvalue weighted by Crippen LogP contribution is 2.27. The number of nitrogens with zero attached hydrogens (tertiary/aromatic N) is 3. The molecule has 0 fully saturated rings. The van der Waals surface area contributed by atoms with Gasteiger partial charge in [0.1, 0.15) is 11.1 Å². The number of pyridine rings is 1. The monoisotopic (exact) mass is 348 g/mol. The molecule has 0 bridgehead atoms. The van der Waals surface area contributed by atoms with Crippen molar-refractivity contribution >= 4 is 23.4 Å². The Bertz CT molecular complexity index is 878. The number of nitriles is 2. The summed E-state index contributed by atoms with van der Waals surface area (Å²) >= 11 is 1.28. The summed E-state index contributed by atoms with van der Waals surface area (Å²) in [5.41, 5.74) is 3.94. The average Bonchev–Trinajstić information content (AvgIpc) is 2.66. The molecule has 1 aliphatic rings. The minimum absolute atomic E-state index is 0.168. The molecule has 0 unspecified atom stereocenters. The highest BCUT2D eigenvalue weighted by atomic mass is 32.2. The van der Waals surface area contributed by atoms with Crippen LogP contribution in [0, 0.1) is 22.7 Å². The number of carbonyl (C=O) groups excluding carboxylic acids is 1. The quantitative estimate of drug-likeness (QED) is 0.855. The fourth-order valence-corrected chi connectivity index (χ4v) is 3.54. The zero-order chi connectivity index (χ0) is 17.6. The molecular formula is C19H16N4OS. The van der Waals surface area contributed by atoms with Crippen molar-refractivity contribution in [3.63, 3.8) is 0 Å². The summed E-state index contributed by atoms with van der Waals surface area (Å²) in [5, 5.41) is 21.5. The summed E-state index contributed by atoms with van der Waals surface area (Å²) in [6.45, 7) is 0. The smallest absolute Gasteiger partial charge is 0.234 e. The third-order valence-electron chi connectivity index (χ3n) is 4.02. The van der Waals surface area contributed by atoms with Crippen molar-refractivity contribution in [3.05, 3.63) is 52.7 Å². The molecule has 25 heavy (non-hydrogen) atoms. The van der Waals surface area contributed by atoms with Crippen molar-refractivity contribution in [3.8, 4) is 12.1 Å². The summed E-state index contributed by atoms with van der Waals surface area (Å²) in [6.07, 6.45) is 4.17. The second-order valence-electron chi connectivity index (χ2n) is 5.79. The lowest BCUT2D eigenvalue weighted by atomic mass is 9.95. The van der Waals surface area contributed by atoms with Crippen molar-refractivity contribution in [2.75, 3.05) is 11.1 Å². The Balaban J connectivity index is 1.65. The van der Waals surface area contributed by atoms with Crippen molar-refractivity contribution in [2.24, 2.45) is 0 Å². The first-order valence-electron chi connectivity index (χ1n) is 8.05. The van der Waals surface area contributed by atoms with Crippen LogP contribution >= 0.6 is 11.8 Å². The number of anilines is 1. The second kappa shape index (κ2) is 7.83. The van der Waals surface area contributed by atoms with Gasteiger partial charge in [-0.3, -0.25) is 4.79 Å². The second-order valence-corrected chi connectivity index (χ2v) is 6.76. The van der Waals surface area contributed by atoms with Gasteiger partial charge in [-0.05, 0) is 61.6 Å². The van der Waals surface area contributed by atoms with Gasteiger partial charge in [0.2, 0.25) is 5.91 Å². The molecule has 0 spiro atoms. The maximum atomic E-state index is 12.1. The number of aryl methyl sites for hydroxylation is 2. The van der Waals surface area contributed by atoms with Gasteiger partial charge >= 0.3 is 0 Å². The Morgan fingerprint density at radius 1 is 1.16 bits per heavy atom. The number of hydrogen-bond acceptors (Lipinski definition) is 5. The Morgan fingerprint density at radius 3 is 2.64 bits per heavy atom. The van der Waals surface area contributed by atoms with E-state index in [1.165, 1.54) is 11.8 Å². The van der Waals surface area contributed by atoms with E-state index in [1.807, 2.05) is 12.1 Å². The molecular weight excluding hydrogens is 332 g/mol. The molecule has 124 valence electrons. The molecule has 1 amide bonds. The van der Waals surface area contributed by atoms with E-state index in [-0.39, 0.29) is 11.7 Å². The largest absolute Gasteiger partial charge is 0.325 e. The van der Waals surface area contributed by atoms with Gasteiger partial charge < -0.3 is 5.32 Å². The lowest BCUT2D eigenvalue weighted by molar-refractivity contribution is -0.113. The van der Waals surface area contributed by atoms with Gasteiger partial charge in [0.15, 0.2) is 0 Å². The van der Waals surface area contributed by atoms with Crippen LogP contribution in [0.25, 0.3) is 0 Å². The highest BCUT2D eigenvalue weighted by molar-refractivity contribution is 8.00. The summed E-state index contributed by atoms with van der Waals surface area (Å²) in [4.78, 5) is 16.7. The van der Waals surface area contributed by atoms with Crippen LogP contribution in [0.4, 0.5) is 5.69 Å². The predicted octanol–water partition coefficient (Wildman–Crippen LogP) is 3.43. The first-order chi connectivity index (χ1) is 12.2. The Kier molecular flexibility index (Phi) is 5.33. The lowest BCUT2D eigenvalue weighted by Crippen LogP contribution is -2.14. The SMILES string of the molecule is N#Cc1ccc(NC(=O)CSc2nc3c(cc2C#N)CCCC3)cc1. The van der Waals surface area contributed by atoms with Crippen molar-refractivity contribution < 1.29 is 4.79 Å². The summed E-state index contributed by atoms with van der Waals surface area (Å²) in [6, 6.07) is 12.8. The predicted molar refractivity (Wildman–Crippen MR) is 96.1 cm³/mol. The van der Waals surface area contributed by atoms with Gasteiger partial charge in [-0.2, -0.15) is 10.5 Å². The van der Waals surface area contributed by atoms with E-state index in [9.17, 15) is 10.1 Å². The molecule has 0 radical (unpaired) electrons. The molecule has 1 heterocycles. The lowest BCUT2D eigenvalue weighted by Gasteiger charge is -2.16. The molecule has 5 nitrogen and oxygen atoms in total. The van der Waals surface area contributed by atoms with E-state index < -0.39 is 0 Å². The van der Waals surface area contributed by atoms with Gasteiger partial charge in [0, 0.05) is 11.4 Å². The molecule has 6 heteroatoms. The Hall–Kier alpha value is -2.83. The topological polar surface area (TPSA) is 89.6 Å². The minimum atomic E-state index is -0.168. The molecule has 2 aromatic rings. The third-order valence-corrected chi connectivity index (χ3v) is 5.02. The number of hydrogen-bond donors (Lipinski definition) is 1. The van der Waals surface area contributed by atoms with Gasteiger partial charge in [0.05, 0.1) is 22.9 Å². The van der Waals surface area contributed by atoms with Crippen LogP contribution in [0.1, 0.15) is 35.2 Å². The molecule has 1 aromatic carbocycles. The number of rotatable bonds is 4. The number of nitrogens with one attached hydrogen (secondary N) is 1. The fourth-order valence-electron chi connectivity index (χ4n) is 2.76. The van der Waals surface area contributed by atoms with E-state index in [2.05, 4.69) is 16.4 Å². The van der Waals surface area contributed by atoms with Crippen molar-refractivity contribution in [2.45, 2.75) is 30.7 Å². The van der Waals surface area contributed by atoms with Gasteiger partial charge in [-0.25, -0.2) is 4.98 Å². The minimum Gasteiger partial charge on any atom is -0.325 e. The van der Waals surface area contributed by atoms with Crippen molar-refractivity contribution in [1.29, 1.82) is 10.5 Å². The zero-order valence-corrected chi connectivity index (χ0v) is 14.4. The van der Waals surface area contributed by atoms with E-state index in [1.54, 1.807) is 24.3 Å². The maximum absolute atomic E-state index is 12.1. The van der Waals surface area contributed by atoms with Crippen LogP contribution in [-0.2, 0) is 17.6 Å². The molecule has 0 saturated heterocycles. The van der Waals surface area contributed by atoms with E-state index in [4.69, 9.17) is 5.26 Å². The van der Waals surface area contributed by atoms with Crippen molar-refractivity contribution in [1.82, 2.24) is 4.98 Å². The number of amides is 1. The van der Waals surface area contributed by atoms with Crippen LogP contribution in [0.5, 0.6) is 0 Å². The molecule has 1 N–H and O–H groups in total. The molecule has 0 saturated carbocycles. The highest BCUT2D eigenvalue weighted by Gasteiger charge is 2.16. The molecule has 0 atom stereocenters. The van der Waals surface area contributed by atoms with Gasteiger partial charge in [0.25, 0.3) is 0 Å². The first-order valence-corrected chi connectivity index (χ1v) is 9.04. The first kappa shape index (κ1) is 17.0. The number of fused-ring (bicyclic) bond motifs is 1. The fraction of sp³-hybridized carbons (Fsp3) is 0.263. The molecule has 1 aromatic heterocycles. The van der Waals surface area contributed by atoms with E-state index >= 15 is 0 Å². The van der Waals surface area contributed by atoms with Crippen LogP contribution < -0.4 is 5.32 Å². The van der Waals surface area contributed by atoms with Gasteiger partial charge in [-0.1, -0.05) is 11.8 Å². The van der Waals surface area contributed by atoms with E-state index in [0.29, 0.717) is 21.8 Å². The average molecular weight is 348 g/mol. The number of carbonyl (C=O) groups is 1. The normalized spacial score (nSPS) is 12.6. The Morgan fingerprint density at radius 2 is 1.92 bits per heavy atom. The summed E-state index contributed by atoms with van der Waals surface area (Å²) in [7, 11) is 0. The number of benzene rings is 1. The maximum Gasteiger partial charge on any atom is 0.234 e. The molecule has 1 aliphatic carbocycles. The number of aromatic nitrogens is 1. The summed E-state index contributed by atoms with van der Waals surface area (Å²) in [5.74, 6) is 0.0126. The van der Waals surface area contributed by atoms with Crippen LogP contribution in [0.15, 0.2) is 35.4 Å². The van der Waals surface area contributed by atoms with Crippen LogP contribution in [-0.4, -0.2) is 16.6 Å².